The van der Waals surface area contributed by atoms with Gasteiger partial charge in [0.25, 0.3) is 0 Å². The van der Waals surface area contributed by atoms with Gasteiger partial charge >= 0.3 is 0 Å². The first-order chi connectivity index (χ1) is 4.84. The Labute approximate surface area is 76.9 Å². The molecule has 2 N–H and O–H groups in total. The van der Waals surface area contributed by atoms with E-state index in [4.69, 9.17) is 5.73 Å². The molecule has 1 aliphatic rings. The van der Waals surface area contributed by atoms with Crippen LogP contribution in [0.2, 0.25) is 0 Å². The molecule has 0 bridgehead atoms. The molecule has 60 valence electrons. The van der Waals surface area contributed by atoms with Crippen molar-refractivity contribution in [1.29, 1.82) is 0 Å². The van der Waals surface area contributed by atoms with Crippen LogP contribution in [-0.2, 0) is 0 Å². The van der Waals surface area contributed by atoms with E-state index in [1.165, 1.54) is 36.5 Å². The molecule has 0 spiro atoms. The highest BCUT2D eigenvalue weighted by molar-refractivity contribution is 14.1. The van der Waals surface area contributed by atoms with Crippen molar-refractivity contribution < 1.29 is 0 Å². The lowest BCUT2D eigenvalue weighted by molar-refractivity contribution is 0.425. The van der Waals surface area contributed by atoms with Crippen LogP contribution in [0.3, 0.4) is 0 Å². The summed E-state index contributed by atoms with van der Waals surface area (Å²) >= 11 is 2.41. The van der Waals surface area contributed by atoms with Gasteiger partial charge in [-0.25, -0.2) is 0 Å². The monoisotopic (exact) mass is 253 g/mol. The highest BCUT2D eigenvalue weighted by Crippen LogP contribution is 2.28. The number of nitrogens with two attached hydrogens (primary N) is 1. The third kappa shape index (κ3) is 2.38. The van der Waals surface area contributed by atoms with Crippen molar-refractivity contribution in [3.63, 3.8) is 0 Å². The van der Waals surface area contributed by atoms with Crippen LogP contribution in [0.1, 0.15) is 32.1 Å². The second kappa shape index (κ2) is 4.54. The Morgan fingerprint density at radius 1 is 1.40 bits per heavy atom. The lowest BCUT2D eigenvalue weighted by Crippen LogP contribution is -2.28. The van der Waals surface area contributed by atoms with Gasteiger partial charge < -0.3 is 5.73 Å². The predicted octanol–water partition coefficient (Wildman–Crippen LogP) is 2.33. The summed E-state index contributed by atoms with van der Waals surface area (Å²) in [5.41, 5.74) is 5.98. The van der Waals surface area contributed by atoms with Crippen LogP contribution in [0.4, 0.5) is 0 Å². The van der Waals surface area contributed by atoms with Crippen molar-refractivity contribution in [2.24, 2.45) is 11.7 Å². The molecular weight excluding hydrogens is 237 g/mol. The van der Waals surface area contributed by atoms with Gasteiger partial charge in [-0.1, -0.05) is 35.4 Å². The van der Waals surface area contributed by atoms with Gasteiger partial charge in [0.05, 0.1) is 0 Å². The van der Waals surface area contributed by atoms with E-state index in [-0.39, 0.29) is 0 Å². The SMILES string of the molecule is NC(CCI)C1CCCC1. The minimum atomic E-state index is 0.499. The van der Waals surface area contributed by atoms with Crippen LogP contribution in [-0.4, -0.2) is 10.5 Å². The predicted molar refractivity (Wildman–Crippen MR) is 53.4 cm³/mol. The number of halogens is 1. The number of hydrogen-bond donors (Lipinski definition) is 1. The van der Waals surface area contributed by atoms with E-state index in [1.54, 1.807) is 0 Å². The van der Waals surface area contributed by atoms with Gasteiger partial charge in [0.15, 0.2) is 0 Å². The molecule has 0 amide bonds. The maximum absolute atomic E-state index is 5.98. The molecule has 0 aromatic heterocycles. The molecule has 0 heterocycles. The third-order valence-corrected chi connectivity index (χ3v) is 3.07. The lowest BCUT2D eigenvalue weighted by atomic mass is 9.97. The zero-order valence-corrected chi connectivity index (χ0v) is 8.51. The quantitative estimate of drug-likeness (QED) is 0.606. The van der Waals surface area contributed by atoms with Crippen LogP contribution in [0.15, 0.2) is 0 Å². The minimum Gasteiger partial charge on any atom is -0.327 e. The van der Waals surface area contributed by atoms with Crippen molar-refractivity contribution in [3.05, 3.63) is 0 Å². The van der Waals surface area contributed by atoms with Crippen LogP contribution < -0.4 is 5.73 Å². The largest absolute Gasteiger partial charge is 0.327 e. The maximum Gasteiger partial charge on any atom is 0.00744 e. The smallest absolute Gasteiger partial charge is 0.00744 e. The first-order valence-corrected chi connectivity index (χ1v) is 5.68. The van der Waals surface area contributed by atoms with Gasteiger partial charge in [-0.3, -0.25) is 0 Å². The van der Waals surface area contributed by atoms with E-state index in [0.717, 1.165) is 5.92 Å². The molecule has 0 aliphatic heterocycles. The molecule has 1 aliphatic carbocycles. The van der Waals surface area contributed by atoms with E-state index >= 15 is 0 Å². The Morgan fingerprint density at radius 2 is 2.00 bits per heavy atom. The summed E-state index contributed by atoms with van der Waals surface area (Å²) < 4.78 is 1.22. The van der Waals surface area contributed by atoms with Crippen LogP contribution in [0.5, 0.6) is 0 Å². The van der Waals surface area contributed by atoms with E-state index in [9.17, 15) is 0 Å². The fourth-order valence-corrected chi connectivity index (χ4v) is 2.47. The topological polar surface area (TPSA) is 26.0 Å². The summed E-state index contributed by atoms with van der Waals surface area (Å²) in [6.07, 6.45) is 6.82. The molecule has 0 radical (unpaired) electrons. The fourth-order valence-electron chi connectivity index (χ4n) is 1.75. The van der Waals surface area contributed by atoms with Crippen LogP contribution in [0.25, 0.3) is 0 Å². The molecule has 1 fully saturated rings. The first-order valence-electron chi connectivity index (χ1n) is 4.16. The second-order valence-corrected chi connectivity index (χ2v) is 4.26. The standard InChI is InChI=1S/C8H16IN/c9-6-5-8(10)7-3-1-2-4-7/h7-8H,1-6,10H2. The fraction of sp³-hybridized carbons (Fsp3) is 1.00. The van der Waals surface area contributed by atoms with E-state index in [1.807, 2.05) is 0 Å². The minimum absolute atomic E-state index is 0.499. The highest BCUT2D eigenvalue weighted by Gasteiger charge is 2.20. The van der Waals surface area contributed by atoms with Gasteiger partial charge in [0.1, 0.15) is 0 Å². The number of rotatable bonds is 3. The Kier molecular flexibility index (Phi) is 3.99. The molecule has 0 saturated heterocycles. The summed E-state index contributed by atoms with van der Waals surface area (Å²) in [6, 6.07) is 0.499. The van der Waals surface area contributed by atoms with Crippen LogP contribution >= 0.6 is 22.6 Å². The summed E-state index contributed by atoms with van der Waals surface area (Å²) in [5, 5.41) is 0. The molecule has 1 nitrogen and oxygen atoms in total. The molecule has 2 heteroatoms. The Balaban J connectivity index is 2.18. The Hall–Kier alpha value is 0.690. The molecule has 1 saturated carbocycles. The summed E-state index contributed by atoms with van der Waals surface area (Å²) in [6.45, 7) is 0. The number of alkyl halides is 1. The van der Waals surface area contributed by atoms with Gasteiger partial charge in [0, 0.05) is 10.5 Å². The van der Waals surface area contributed by atoms with Crippen molar-refractivity contribution >= 4 is 22.6 Å². The van der Waals surface area contributed by atoms with Crippen molar-refractivity contribution in [3.8, 4) is 0 Å². The molecule has 1 atom stereocenters. The van der Waals surface area contributed by atoms with Crippen molar-refractivity contribution in [1.82, 2.24) is 0 Å². The summed E-state index contributed by atoms with van der Waals surface area (Å²) in [7, 11) is 0. The molecule has 1 unspecified atom stereocenters. The highest BCUT2D eigenvalue weighted by atomic mass is 127. The zero-order valence-electron chi connectivity index (χ0n) is 6.35. The van der Waals surface area contributed by atoms with E-state index < -0.39 is 0 Å². The van der Waals surface area contributed by atoms with Crippen molar-refractivity contribution in [2.75, 3.05) is 4.43 Å². The average molecular weight is 253 g/mol. The van der Waals surface area contributed by atoms with Gasteiger partial charge in [-0.05, 0) is 25.2 Å². The van der Waals surface area contributed by atoms with Gasteiger partial charge in [-0.2, -0.15) is 0 Å². The zero-order chi connectivity index (χ0) is 7.40. The maximum atomic E-state index is 5.98. The third-order valence-electron chi connectivity index (χ3n) is 2.45. The molecule has 1 rings (SSSR count). The Bertz CT molecular complexity index is 89.3. The normalized spacial score (nSPS) is 23.4. The molecule has 10 heavy (non-hydrogen) atoms. The summed E-state index contributed by atoms with van der Waals surface area (Å²) in [5.74, 6) is 0.856. The lowest BCUT2D eigenvalue weighted by Gasteiger charge is -2.16. The number of hydrogen-bond acceptors (Lipinski definition) is 1. The van der Waals surface area contributed by atoms with Crippen molar-refractivity contribution in [2.45, 2.75) is 38.1 Å². The van der Waals surface area contributed by atoms with E-state index in [0.29, 0.717) is 6.04 Å². The second-order valence-electron chi connectivity index (χ2n) is 3.19. The van der Waals surface area contributed by atoms with Gasteiger partial charge in [0.2, 0.25) is 0 Å². The average Bonchev–Trinajstić information content (AvgIpc) is 2.38. The molecule has 0 aromatic rings. The van der Waals surface area contributed by atoms with Crippen LogP contribution in [0, 0.1) is 5.92 Å². The molecule has 0 aromatic carbocycles. The van der Waals surface area contributed by atoms with E-state index in [2.05, 4.69) is 22.6 Å². The first kappa shape index (κ1) is 8.78. The summed E-state index contributed by atoms with van der Waals surface area (Å²) in [4.78, 5) is 0. The Morgan fingerprint density at radius 3 is 2.50 bits per heavy atom. The van der Waals surface area contributed by atoms with Gasteiger partial charge in [-0.15, -0.1) is 0 Å². The molecular formula is C8H16IN.